The van der Waals surface area contributed by atoms with Crippen LogP contribution in [0.3, 0.4) is 0 Å². The van der Waals surface area contributed by atoms with Crippen molar-refractivity contribution < 1.29 is 33.6 Å². The molecule has 4 heteroatoms. The van der Waals surface area contributed by atoms with E-state index in [2.05, 4.69) is 8.79 Å². The van der Waals surface area contributed by atoms with Gasteiger partial charge in [-0.1, -0.05) is 0 Å². The monoisotopic (exact) mass is 185 g/mol. The maximum absolute atomic E-state index is 2.56. The van der Waals surface area contributed by atoms with Gasteiger partial charge in [0.1, 0.15) is 0 Å². The molecule has 0 N–H and O–H groups in total. The summed E-state index contributed by atoms with van der Waals surface area (Å²) < 4.78 is 0. The van der Waals surface area contributed by atoms with Gasteiger partial charge in [-0.2, -0.15) is 8.79 Å². The minimum atomic E-state index is 0. The topological polar surface area (TPSA) is 0 Å². The van der Waals surface area contributed by atoms with Crippen LogP contribution in [0.5, 0.6) is 0 Å². The SMILES string of the molecule is [Cu].[Ni].[SiH3]P. The Morgan fingerprint density at radius 3 is 1.25 bits per heavy atom. The van der Waals surface area contributed by atoms with Gasteiger partial charge < -0.3 is 0 Å². The molecule has 0 aromatic rings. The third kappa shape index (κ3) is 9.40. The maximum Gasteiger partial charge on any atom is 0.0252 e. The molecule has 0 aliphatic carbocycles. The molecule has 0 bridgehead atoms. The number of rotatable bonds is 0. The van der Waals surface area contributed by atoms with Gasteiger partial charge in [0.25, 0.3) is 0 Å². The van der Waals surface area contributed by atoms with E-state index >= 15 is 0 Å². The Morgan fingerprint density at radius 2 is 1.25 bits per heavy atom. The molecule has 35 valence electrons. The van der Waals surface area contributed by atoms with Crippen molar-refractivity contribution in [3.05, 3.63) is 0 Å². The minimum Gasteiger partial charge on any atom is -0.159 e. The predicted octanol–water partition coefficient (Wildman–Crippen LogP) is -0.863. The summed E-state index contributed by atoms with van der Waals surface area (Å²) in [5.41, 5.74) is 0. The average molecular weight is 186 g/mol. The molecule has 0 aliphatic heterocycles. The van der Waals surface area contributed by atoms with E-state index in [9.17, 15) is 0 Å². The van der Waals surface area contributed by atoms with Crippen molar-refractivity contribution >= 4 is 18.7 Å². The normalized spacial score (nSPS) is 2.25. The molecule has 1 unspecified atom stereocenters. The first-order chi connectivity index (χ1) is 1.00. The van der Waals surface area contributed by atoms with Gasteiger partial charge in [0.2, 0.25) is 0 Å². The summed E-state index contributed by atoms with van der Waals surface area (Å²) in [5.74, 6) is 0. The van der Waals surface area contributed by atoms with Crippen molar-refractivity contribution in [2.75, 3.05) is 0 Å². The minimum absolute atomic E-state index is 0. The molecule has 0 nitrogen and oxygen atoms in total. The quantitative estimate of drug-likeness (QED) is 0.341. The summed E-state index contributed by atoms with van der Waals surface area (Å²) in [5, 5.41) is 0. The zero-order valence-electron chi connectivity index (χ0n) is 2.20. The summed E-state index contributed by atoms with van der Waals surface area (Å²) in [6, 6.07) is 0. The van der Waals surface area contributed by atoms with Gasteiger partial charge in [-0.05, 0) is 0 Å². The molecule has 0 fully saturated rings. The van der Waals surface area contributed by atoms with E-state index in [1.54, 1.807) is 0 Å². The first kappa shape index (κ1) is 17.4. The fourth-order valence-electron chi connectivity index (χ4n) is 0. The summed E-state index contributed by atoms with van der Waals surface area (Å²) >= 11 is 0. The number of hydrogen-bond acceptors (Lipinski definition) is 0. The molecule has 1 atom stereocenters. The molecule has 4 heavy (non-hydrogen) atoms. The molecule has 0 spiro atoms. The standard InChI is InChI=1S/Cu.Ni.H5PSi/c;;1-2/h;;1H2,2H3. The molecular weight excluding hydrogens is 181 g/mol. The Kier molecular flexibility index (Phi) is 98.4. The third-order valence-corrected chi connectivity index (χ3v) is 0. The fraction of sp³-hybridized carbons (Fsp3) is 0. The van der Waals surface area contributed by atoms with Gasteiger partial charge >= 0.3 is 0 Å². The van der Waals surface area contributed by atoms with Crippen LogP contribution in [0, 0.1) is 0 Å². The second-order valence-corrected chi connectivity index (χ2v) is 0. The van der Waals surface area contributed by atoms with E-state index in [0.717, 1.165) is 0 Å². The Morgan fingerprint density at radius 1 is 1.25 bits per heavy atom. The van der Waals surface area contributed by atoms with Crippen LogP contribution in [-0.2, 0) is 33.6 Å². The van der Waals surface area contributed by atoms with E-state index in [-0.39, 0.29) is 33.6 Å². The van der Waals surface area contributed by atoms with Crippen molar-refractivity contribution in [2.45, 2.75) is 0 Å². The number of hydrogen-bond donors (Lipinski definition) is 0. The van der Waals surface area contributed by atoms with Crippen molar-refractivity contribution in [2.24, 2.45) is 0 Å². The summed E-state index contributed by atoms with van der Waals surface area (Å²) in [6.07, 6.45) is 0. The smallest absolute Gasteiger partial charge is 0.0252 e. The molecule has 0 aromatic heterocycles. The molecular formula is H5CuNiPSi. The van der Waals surface area contributed by atoms with Crippen LogP contribution in [0.2, 0.25) is 0 Å². The molecule has 0 aliphatic rings. The zero-order valence-corrected chi connectivity index (χ0v) is 7.28. The second-order valence-electron chi connectivity index (χ2n) is 0. The van der Waals surface area contributed by atoms with E-state index in [0.29, 0.717) is 0 Å². The van der Waals surface area contributed by atoms with E-state index in [1.807, 2.05) is 0 Å². The van der Waals surface area contributed by atoms with E-state index in [4.69, 9.17) is 0 Å². The Labute approximate surface area is 52.4 Å². The van der Waals surface area contributed by atoms with Crippen LogP contribution in [-0.4, -0.2) is 9.91 Å². The Bertz CT molecular complexity index is 8.00. The average Bonchev–Trinajstić information content (AvgIpc) is 1.00. The largest absolute Gasteiger partial charge is 0.159 e. The zero-order chi connectivity index (χ0) is 2.00. The van der Waals surface area contributed by atoms with Crippen LogP contribution >= 0.6 is 8.79 Å². The molecule has 0 rings (SSSR count). The van der Waals surface area contributed by atoms with Crippen molar-refractivity contribution in [1.82, 2.24) is 0 Å². The molecule has 0 saturated heterocycles. The van der Waals surface area contributed by atoms with Crippen molar-refractivity contribution in [1.29, 1.82) is 0 Å². The maximum atomic E-state index is 2.56. The fourth-order valence-corrected chi connectivity index (χ4v) is 0. The van der Waals surface area contributed by atoms with E-state index in [1.165, 1.54) is 9.91 Å². The van der Waals surface area contributed by atoms with Crippen LogP contribution in [0.1, 0.15) is 0 Å². The molecule has 0 heterocycles. The Balaban J connectivity index is -0.00000000500. The summed E-state index contributed by atoms with van der Waals surface area (Å²) in [6.45, 7) is 0. The molecule has 0 saturated carbocycles. The van der Waals surface area contributed by atoms with Crippen LogP contribution in [0.25, 0.3) is 0 Å². The van der Waals surface area contributed by atoms with Gasteiger partial charge in [0.05, 0.1) is 0 Å². The van der Waals surface area contributed by atoms with Gasteiger partial charge in [-0.25, -0.2) is 0 Å². The van der Waals surface area contributed by atoms with E-state index < -0.39 is 0 Å². The first-order valence-electron chi connectivity index (χ1n) is 0.577. The van der Waals surface area contributed by atoms with Gasteiger partial charge in [0, 0.05) is 43.5 Å². The van der Waals surface area contributed by atoms with Crippen LogP contribution in [0.15, 0.2) is 0 Å². The summed E-state index contributed by atoms with van der Waals surface area (Å²) in [4.78, 5) is 0. The predicted molar refractivity (Wildman–Crippen MR) is 19.6 cm³/mol. The molecule has 0 amide bonds. The van der Waals surface area contributed by atoms with Gasteiger partial charge in [0.15, 0.2) is 0 Å². The first-order valence-corrected chi connectivity index (χ1v) is 5.20. The van der Waals surface area contributed by atoms with Crippen LogP contribution in [0.4, 0.5) is 0 Å². The summed E-state index contributed by atoms with van der Waals surface area (Å²) in [7, 11) is 3.78. The van der Waals surface area contributed by atoms with Crippen molar-refractivity contribution in [3.63, 3.8) is 0 Å². The third-order valence-electron chi connectivity index (χ3n) is 0. The molecule has 0 aromatic carbocycles. The molecule has 1 radical (unpaired) electrons. The van der Waals surface area contributed by atoms with Crippen LogP contribution < -0.4 is 0 Å². The van der Waals surface area contributed by atoms with Crippen molar-refractivity contribution in [3.8, 4) is 0 Å². The Hall–Kier alpha value is 1.66. The van der Waals surface area contributed by atoms with Gasteiger partial charge in [-0.15, -0.1) is 0 Å². The van der Waals surface area contributed by atoms with Gasteiger partial charge in [-0.3, -0.25) is 0 Å². The second kappa shape index (κ2) is 22.7.